The number of anilines is 2. The molecule has 0 amide bonds. The van der Waals surface area contributed by atoms with Crippen molar-refractivity contribution in [1.29, 1.82) is 0 Å². The second-order valence-corrected chi connectivity index (χ2v) is 4.02. The molecule has 16 heavy (non-hydrogen) atoms. The van der Waals surface area contributed by atoms with E-state index in [-0.39, 0.29) is 6.04 Å². The molecule has 1 aromatic rings. The first kappa shape index (κ1) is 12.7. The first-order valence-corrected chi connectivity index (χ1v) is 5.70. The summed E-state index contributed by atoms with van der Waals surface area (Å²) in [5.74, 6) is 1.65. The van der Waals surface area contributed by atoms with Crippen molar-refractivity contribution in [2.45, 2.75) is 39.3 Å². The SMILES string of the molecule is CCC(C)Nc1cc(NC(C)CN)ncn1. The summed E-state index contributed by atoms with van der Waals surface area (Å²) in [6, 6.07) is 2.53. The van der Waals surface area contributed by atoms with E-state index in [9.17, 15) is 0 Å². The minimum absolute atomic E-state index is 0.214. The summed E-state index contributed by atoms with van der Waals surface area (Å²) in [6.45, 7) is 6.86. The molecule has 0 aliphatic heterocycles. The molecule has 1 heterocycles. The summed E-state index contributed by atoms with van der Waals surface area (Å²) >= 11 is 0. The van der Waals surface area contributed by atoms with Crippen molar-refractivity contribution in [3.05, 3.63) is 12.4 Å². The molecule has 0 aliphatic rings. The Balaban J connectivity index is 2.63. The van der Waals surface area contributed by atoms with Crippen molar-refractivity contribution in [3.8, 4) is 0 Å². The van der Waals surface area contributed by atoms with E-state index in [1.54, 1.807) is 6.33 Å². The molecule has 2 atom stereocenters. The highest BCUT2D eigenvalue weighted by Crippen LogP contribution is 2.11. The molecule has 4 N–H and O–H groups in total. The maximum absolute atomic E-state index is 5.54. The lowest BCUT2D eigenvalue weighted by Gasteiger charge is -2.15. The molecule has 0 aliphatic carbocycles. The molecule has 0 saturated heterocycles. The Morgan fingerprint density at radius 2 is 1.75 bits per heavy atom. The van der Waals surface area contributed by atoms with Crippen LogP contribution in [0.15, 0.2) is 12.4 Å². The van der Waals surface area contributed by atoms with Gasteiger partial charge in [0.1, 0.15) is 18.0 Å². The van der Waals surface area contributed by atoms with Gasteiger partial charge >= 0.3 is 0 Å². The highest BCUT2D eigenvalue weighted by Gasteiger charge is 2.04. The van der Waals surface area contributed by atoms with Gasteiger partial charge in [0, 0.05) is 24.7 Å². The predicted octanol–water partition coefficient (Wildman–Crippen LogP) is 1.45. The van der Waals surface area contributed by atoms with Crippen LogP contribution in [0.1, 0.15) is 27.2 Å². The van der Waals surface area contributed by atoms with Crippen molar-refractivity contribution in [2.24, 2.45) is 5.73 Å². The van der Waals surface area contributed by atoms with E-state index in [0.717, 1.165) is 18.1 Å². The fourth-order valence-electron chi connectivity index (χ4n) is 1.18. The third-order valence-corrected chi connectivity index (χ3v) is 2.42. The van der Waals surface area contributed by atoms with Gasteiger partial charge in [-0.15, -0.1) is 0 Å². The molecule has 5 heteroatoms. The summed E-state index contributed by atoms with van der Waals surface area (Å²) in [7, 11) is 0. The number of hydrogen-bond donors (Lipinski definition) is 3. The predicted molar refractivity (Wildman–Crippen MR) is 67.5 cm³/mol. The Kier molecular flexibility index (Phi) is 4.98. The quantitative estimate of drug-likeness (QED) is 0.680. The lowest BCUT2D eigenvalue weighted by molar-refractivity contribution is 0.757. The summed E-state index contributed by atoms with van der Waals surface area (Å²) < 4.78 is 0. The maximum Gasteiger partial charge on any atom is 0.131 e. The van der Waals surface area contributed by atoms with Crippen LogP contribution in [0.2, 0.25) is 0 Å². The van der Waals surface area contributed by atoms with Gasteiger partial charge in [-0.2, -0.15) is 0 Å². The number of aromatic nitrogens is 2. The van der Waals surface area contributed by atoms with Gasteiger partial charge in [0.05, 0.1) is 0 Å². The molecule has 0 saturated carbocycles. The van der Waals surface area contributed by atoms with Gasteiger partial charge in [0.2, 0.25) is 0 Å². The smallest absolute Gasteiger partial charge is 0.131 e. The molecule has 0 radical (unpaired) electrons. The molecule has 90 valence electrons. The second-order valence-electron chi connectivity index (χ2n) is 4.02. The van der Waals surface area contributed by atoms with E-state index < -0.39 is 0 Å². The summed E-state index contributed by atoms with van der Waals surface area (Å²) in [6.07, 6.45) is 2.61. The molecule has 5 nitrogen and oxygen atoms in total. The standard InChI is InChI=1S/C11H21N5/c1-4-8(2)15-10-5-11(14-7-13-10)16-9(3)6-12/h5,7-9H,4,6,12H2,1-3H3,(H2,13,14,15,16). The van der Waals surface area contributed by atoms with Crippen LogP contribution in [-0.4, -0.2) is 28.6 Å². The van der Waals surface area contributed by atoms with Crippen LogP contribution in [0, 0.1) is 0 Å². The second kappa shape index (κ2) is 6.27. The maximum atomic E-state index is 5.54. The zero-order valence-electron chi connectivity index (χ0n) is 10.2. The van der Waals surface area contributed by atoms with Crippen LogP contribution in [0.4, 0.5) is 11.6 Å². The van der Waals surface area contributed by atoms with E-state index in [1.807, 2.05) is 13.0 Å². The number of rotatable bonds is 6. The van der Waals surface area contributed by atoms with Crippen LogP contribution in [0.3, 0.4) is 0 Å². The van der Waals surface area contributed by atoms with Crippen molar-refractivity contribution >= 4 is 11.6 Å². The van der Waals surface area contributed by atoms with Gasteiger partial charge in [-0.1, -0.05) is 6.92 Å². The fourth-order valence-corrected chi connectivity index (χ4v) is 1.18. The zero-order valence-corrected chi connectivity index (χ0v) is 10.2. The zero-order chi connectivity index (χ0) is 12.0. The highest BCUT2D eigenvalue weighted by atomic mass is 15.1. The Hall–Kier alpha value is -1.36. The number of nitrogens with one attached hydrogen (secondary N) is 2. The van der Waals surface area contributed by atoms with Crippen LogP contribution in [0.25, 0.3) is 0 Å². The number of nitrogens with zero attached hydrogens (tertiary/aromatic N) is 2. The minimum atomic E-state index is 0.214. The molecule has 0 aromatic carbocycles. The molecule has 1 aromatic heterocycles. The van der Waals surface area contributed by atoms with Gasteiger partial charge < -0.3 is 16.4 Å². The topological polar surface area (TPSA) is 75.9 Å². The third-order valence-electron chi connectivity index (χ3n) is 2.42. The van der Waals surface area contributed by atoms with E-state index in [0.29, 0.717) is 12.6 Å². The average molecular weight is 223 g/mol. The Morgan fingerprint density at radius 1 is 1.19 bits per heavy atom. The number of nitrogens with two attached hydrogens (primary N) is 1. The first-order valence-electron chi connectivity index (χ1n) is 5.70. The van der Waals surface area contributed by atoms with Crippen LogP contribution in [0.5, 0.6) is 0 Å². The average Bonchev–Trinajstić information content (AvgIpc) is 2.29. The Bertz CT molecular complexity index is 288. The molecule has 2 unspecified atom stereocenters. The van der Waals surface area contributed by atoms with Crippen LogP contribution < -0.4 is 16.4 Å². The summed E-state index contributed by atoms with van der Waals surface area (Å²) in [4.78, 5) is 8.31. The molecule has 0 bridgehead atoms. The normalized spacial score (nSPS) is 14.2. The van der Waals surface area contributed by atoms with Crippen LogP contribution in [-0.2, 0) is 0 Å². The van der Waals surface area contributed by atoms with Gasteiger partial charge in [-0.3, -0.25) is 0 Å². The fraction of sp³-hybridized carbons (Fsp3) is 0.636. The van der Waals surface area contributed by atoms with Crippen molar-refractivity contribution in [2.75, 3.05) is 17.2 Å². The Morgan fingerprint density at radius 3 is 2.25 bits per heavy atom. The molecular formula is C11H21N5. The summed E-state index contributed by atoms with van der Waals surface area (Å²) in [5.41, 5.74) is 5.54. The van der Waals surface area contributed by atoms with E-state index in [4.69, 9.17) is 5.73 Å². The van der Waals surface area contributed by atoms with Crippen LogP contribution >= 0.6 is 0 Å². The monoisotopic (exact) mass is 223 g/mol. The highest BCUT2D eigenvalue weighted by molar-refractivity contribution is 5.47. The lowest BCUT2D eigenvalue weighted by atomic mass is 10.2. The van der Waals surface area contributed by atoms with Gasteiger partial charge in [-0.05, 0) is 20.3 Å². The van der Waals surface area contributed by atoms with Crippen molar-refractivity contribution < 1.29 is 0 Å². The van der Waals surface area contributed by atoms with E-state index in [1.165, 1.54) is 0 Å². The minimum Gasteiger partial charge on any atom is -0.367 e. The lowest BCUT2D eigenvalue weighted by Crippen LogP contribution is -2.25. The third kappa shape index (κ3) is 4.02. The van der Waals surface area contributed by atoms with Crippen molar-refractivity contribution in [1.82, 2.24) is 9.97 Å². The van der Waals surface area contributed by atoms with Gasteiger partial charge in [0.15, 0.2) is 0 Å². The Labute approximate surface area is 96.9 Å². The van der Waals surface area contributed by atoms with E-state index >= 15 is 0 Å². The summed E-state index contributed by atoms with van der Waals surface area (Å²) in [5, 5.41) is 6.51. The number of hydrogen-bond acceptors (Lipinski definition) is 5. The molecule has 0 spiro atoms. The van der Waals surface area contributed by atoms with E-state index in [2.05, 4.69) is 34.4 Å². The largest absolute Gasteiger partial charge is 0.367 e. The molecular weight excluding hydrogens is 202 g/mol. The molecule has 1 rings (SSSR count). The molecule has 0 fully saturated rings. The van der Waals surface area contributed by atoms with Gasteiger partial charge in [-0.25, -0.2) is 9.97 Å². The first-order chi connectivity index (χ1) is 7.65. The van der Waals surface area contributed by atoms with Gasteiger partial charge in [0.25, 0.3) is 0 Å². The van der Waals surface area contributed by atoms with Crippen molar-refractivity contribution in [3.63, 3.8) is 0 Å².